The highest BCUT2D eigenvalue weighted by Crippen LogP contribution is 2.23. The Balaban J connectivity index is 1.76. The van der Waals surface area contributed by atoms with Gasteiger partial charge in [0.1, 0.15) is 12.4 Å². The molecular weight excluding hydrogens is 360 g/mol. The number of nitrogens with zero attached hydrogens (tertiary/aromatic N) is 5. The van der Waals surface area contributed by atoms with Crippen LogP contribution in [0.3, 0.4) is 0 Å². The number of hydrogen-bond donors (Lipinski definition) is 1. The first-order chi connectivity index (χ1) is 12.4. The molecule has 0 saturated carbocycles. The van der Waals surface area contributed by atoms with Crippen molar-refractivity contribution in [1.29, 1.82) is 0 Å². The van der Waals surface area contributed by atoms with E-state index in [-0.39, 0.29) is 23.7 Å². The predicted molar refractivity (Wildman–Crippen MR) is 95.4 cm³/mol. The number of halogens is 1. The van der Waals surface area contributed by atoms with Crippen molar-refractivity contribution in [2.24, 2.45) is 0 Å². The zero-order valence-corrected chi connectivity index (χ0v) is 14.8. The number of benzene rings is 1. The summed E-state index contributed by atoms with van der Waals surface area (Å²) in [5, 5.41) is 22.6. The summed E-state index contributed by atoms with van der Waals surface area (Å²) in [7, 11) is 0. The number of hydrogen-bond acceptors (Lipinski definition) is 5. The second kappa shape index (κ2) is 6.96. The number of amides is 1. The summed E-state index contributed by atoms with van der Waals surface area (Å²) in [5.74, 6) is -0.538. The average molecular weight is 375 g/mol. The van der Waals surface area contributed by atoms with Gasteiger partial charge in [0.05, 0.1) is 21.3 Å². The highest BCUT2D eigenvalue weighted by molar-refractivity contribution is 6.31. The summed E-state index contributed by atoms with van der Waals surface area (Å²) in [6, 6.07) is 7.44. The molecule has 2 aromatic heterocycles. The summed E-state index contributed by atoms with van der Waals surface area (Å²) >= 11 is 6.12. The van der Waals surface area contributed by atoms with E-state index >= 15 is 0 Å². The third-order valence-electron chi connectivity index (χ3n) is 3.79. The maximum Gasteiger partial charge on any atom is 0.292 e. The molecule has 0 fully saturated rings. The first kappa shape index (κ1) is 17.6. The van der Waals surface area contributed by atoms with Crippen molar-refractivity contribution in [3.63, 3.8) is 0 Å². The molecule has 1 aromatic carbocycles. The molecule has 9 nitrogen and oxygen atoms in total. The Kier molecular flexibility index (Phi) is 4.72. The maximum atomic E-state index is 12.3. The first-order valence-corrected chi connectivity index (χ1v) is 8.02. The molecule has 134 valence electrons. The van der Waals surface area contributed by atoms with Crippen LogP contribution in [0, 0.1) is 24.0 Å². The summed E-state index contributed by atoms with van der Waals surface area (Å²) < 4.78 is 3.21. The van der Waals surface area contributed by atoms with Gasteiger partial charge >= 0.3 is 0 Å². The molecule has 0 atom stereocenters. The predicted octanol–water partition coefficient (Wildman–Crippen LogP) is 3.02. The number of nitrogens with one attached hydrogen (secondary N) is 1. The standard InChI is InChI=1S/C16H15ClN6O3/c1-10-15(17)11(2)22(19-10)9-21-8-7-13(20-21)16(24)18-12-5-3-4-6-14(12)23(25)26/h3-8H,9H2,1-2H3,(H,18,24). The fraction of sp³-hybridized carbons (Fsp3) is 0.188. The van der Waals surface area contributed by atoms with Crippen molar-refractivity contribution in [1.82, 2.24) is 19.6 Å². The smallest absolute Gasteiger partial charge is 0.292 e. The Morgan fingerprint density at radius 1 is 1.27 bits per heavy atom. The van der Waals surface area contributed by atoms with Crippen LogP contribution in [0.2, 0.25) is 5.02 Å². The lowest BCUT2D eigenvalue weighted by molar-refractivity contribution is -0.383. The number of anilines is 1. The van der Waals surface area contributed by atoms with E-state index in [0.717, 1.165) is 5.69 Å². The fourth-order valence-electron chi connectivity index (χ4n) is 2.44. The molecule has 3 aromatic rings. The number of aromatic nitrogens is 4. The molecule has 0 aliphatic heterocycles. The maximum absolute atomic E-state index is 12.3. The van der Waals surface area contributed by atoms with Gasteiger partial charge in [-0.1, -0.05) is 23.7 Å². The largest absolute Gasteiger partial charge is 0.315 e. The van der Waals surface area contributed by atoms with Gasteiger partial charge in [0.2, 0.25) is 0 Å². The lowest BCUT2D eigenvalue weighted by Gasteiger charge is -2.05. The lowest BCUT2D eigenvalue weighted by Crippen LogP contribution is -2.16. The van der Waals surface area contributed by atoms with Gasteiger partial charge in [0, 0.05) is 12.3 Å². The summed E-state index contributed by atoms with van der Waals surface area (Å²) in [5.41, 5.74) is 1.58. The van der Waals surface area contributed by atoms with E-state index in [1.54, 1.807) is 23.9 Å². The molecule has 1 N–H and O–H groups in total. The number of nitro groups is 1. The summed E-state index contributed by atoms with van der Waals surface area (Å²) in [6.07, 6.45) is 1.62. The zero-order chi connectivity index (χ0) is 18.8. The Hall–Kier alpha value is -3.20. The fourth-order valence-corrected chi connectivity index (χ4v) is 2.57. The van der Waals surface area contributed by atoms with Crippen LogP contribution in [0.5, 0.6) is 0 Å². The van der Waals surface area contributed by atoms with Crippen LogP contribution >= 0.6 is 11.6 Å². The van der Waals surface area contributed by atoms with Gasteiger partial charge in [0.25, 0.3) is 11.6 Å². The second-order valence-electron chi connectivity index (χ2n) is 5.59. The van der Waals surface area contributed by atoms with Crippen molar-refractivity contribution in [2.45, 2.75) is 20.5 Å². The highest BCUT2D eigenvalue weighted by Gasteiger charge is 2.17. The van der Waals surface area contributed by atoms with Gasteiger partial charge in [-0.3, -0.25) is 19.6 Å². The van der Waals surface area contributed by atoms with E-state index in [9.17, 15) is 14.9 Å². The molecule has 26 heavy (non-hydrogen) atoms. The Bertz CT molecular complexity index is 994. The molecule has 0 spiro atoms. The molecule has 3 rings (SSSR count). The van der Waals surface area contributed by atoms with Crippen LogP contribution in [0.15, 0.2) is 36.5 Å². The van der Waals surface area contributed by atoms with Gasteiger partial charge < -0.3 is 5.32 Å². The van der Waals surface area contributed by atoms with E-state index in [1.807, 2.05) is 6.92 Å². The zero-order valence-electron chi connectivity index (χ0n) is 14.0. The molecule has 0 unspecified atom stereocenters. The third kappa shape index (κ3) is 3.42. The van der Waals surface area contributed by atoms with E-state index in [2.05, 4.69) is 15.5 Å². The minimum absolute atomic E-state index is 0.113. The number of rotatable bonds is 5. The van der Waals surface area contributed by atoms with E-state index in [4.69, 9.17) is 11.6 Å². The molecule has 2 heterocycles. The normalized spacial score (nSPS) is 10.7. The Morgan fingerprint density at radius 2 is 2.00 bits per heavy atom. The number of nitro benzene ring substituents is 1. The highest BCUT2D eigenvalue weighted by atomic mass is 35.5. The number of aryl methyl sites for hydroxylation is 1. The number of carbonyl (C=O) groups excluding carboxylic acids is 1. The monoisotopic (exact) mass is 374 g/mol. The van der Waals surface area contributed by atoms with Gasteiger partial charge in [-0.15, -0.1) is 0 Å². The Morgan fingerprint density at radius 3 is 2.65 bits per heavy atom. The third-order valence-corrected chi connectivity index (χ3v) is 4.34. The van der Waals surface area contributed by atoms with Gasteiger partial charge in [-0.25, -0.2) is 4.68 Å². The number of carbonyl (C=O) groups is 1. The number of para-hydroxylation sites is 2. The first-order valence-electron chi connectivity index (χ1n) is 7.64. The van der Waals surface area contributed by atoms with Crippen LogP contribution in [-0.2, 0) is 6.67 Å². The van der Waals surface area contributed by atoms with Crippen LogP contribution in [0.25, 0.3) is 0 Å². The molecule has 10 heteroatoms. The van der Waals surface area contributed by atoms with E-state index in [0.29, 0.717) is 10.7 Å². The molecule has 0 radical (unpaired) electrons. The average Bonchev–Trinajstić information content (AvgIpc) is 3.17. The molecule has 0 bridgehead atoms. The minimum atomic E-state index is -0.555. The summed E-state index contributed by atoms with van der Waals surface area (Å²) in [6.45, 7) is 3.94. The molecule has 0 aliphatic carbocycles. The quantitative estimate of drug-likeness (QED) is 0.545. The van der Waals surface area contributed by atoms with Crippen molar-refractivity contribution in [3.8, 4) is 0 Å². The summed E-state index contributed by atoms with van der Waals surface area (Å²) in [4.78, 5) is 22.8. The second-order valence-corrected chi connectivity index (χ2v) is 5.97. The van der Waals surface area contributed by atoms with E-state index in [1.165, 1.54) is 28.9 Å². The van der Waals surface area contributed by atoms with E-state index < -0.39 is 10.8 Å². The molecule has 0 saturated heterocycles. The van der Waals surface area contributed by atoms with Crippen LogP contribution in [0.4, 0.5) is 11.4 Å². The SMILES string of the molecule is Cc1nn(Cn2ccc(C(=O)Nc3ccccc3[N+](=O)[O-])n2)c(C)c1Cl. The molecule has 0 aliphatic rings. The molecule has 1 amide bonds. The van der Waals surface area contributed by atoms with Crippen LogP contribution < -0.4 is 5.32 Å². The van der Waals surface area contributed by atoms with Gasteiger partial charge in [-0.2, -0.15) is 10.2 Å². The topological polar surface area (TPSA) is 108 Å². The van der Waals surface area contributed by atoms with Gasteiger partial charge in [-0.05, 0) is 26.0 Å². The van der Waals surface area contributed by atoms with Gasteiger partial charge in [0.15, 0.2) is 5.69 Å². The van der Waals surface area contributed by atoms with Crippen molar-refractivity contribution >= 4 is 28.9 Å². The van der Waals surface area contributed by atoms with Crippen LogP contribution in [-0.4, -0.2) is 30.4 Å². The minimum Gasteiger partial charge on any atom is -0.315 e. The van der Waals surface area contributed by atoms with Crippen molar-refractivity contribution in [3.05, 3.63) is 68.7 Å². The van der Waals surface area contributed by atoms with Crippen molar-refractivity contribution < 1.29 is 9.72 Å². The molecular formula is C16H15ClN6O3. The Labute approximate surface area is 153 Å². The van der Waals surface area contributed by atoms with Crippen molar-refractivity contribution in [2.75, 3.05) is 5.32 Å². The van der Waals surface area contributed by atoms with Crippen LogP contribution in [0.1, 0.15) is 21.9 Å². The lowest BCUT2D eigenvalue weighted by atomic mass is 10.2.